The molecule has 0 aromatic rings. The first-order valence-electron chi connectivity index (χ1n) is 6.46. The Morgan fingerprint density at radius 2 is 2.21 bits per heavy atom. The fourth-order valence-corrected chi connectivity index (χ4v) is 3.99. The Morgan fingerprint density at radius 1 is 1.53 bits per heavy atom. The van der Waals surface area contributed by atoms with Crippen LogP contribution in [0.25, 0.3) is 0 Å². The number of carbonyl (C=O) groups is 2. The molecule has 5 nitrogen and oxygen atoms in total. The molecule has 2 atom stereocenters. The van der Waals surface area contributed by atoms with Crippen LogP contribution in [0.4, 0.5) is 0 Å². The number of thioether (sulfide) groups is 1. The molecule has 0 radical (unpaired) electrons. The Morgan fingerprint density at radius 3 is 2.79 bits per heavy atom. The lowest BCUT2D eigenvalue weighted by molar-refractivity contribution is -0.143. The maximum absolute atomic E-state index is 12.1. The van der Waals surface area contributed by atoms with Crippen molar-refractivity contribution >= 4 is 23.7 Å². The topological polar surface area (TPSA) is 66.8 Å². The molecule has 2 aliphatic rings. The maximum atomic E-state index is 12.1. The van der Waals surface area contributed by atoms with Gasteiger partial charge in [-0.1, -0.05) is 6.92 Å². The Balaban J connectivity index is 2.17. The number of rotatable bonds is 4. The number of esters is 1. The lowest BCUT2D eigenvalue weighted by atomic mass is 10.1. The highest BCUT2D eigenvalue weighted by Crippen LogP contribution is 2.44. The summed E-state index contributed by atoms with van der Waals surface area (Å²) in [4.78, 5) is 25.0. The van der Waals surface area contributed by atoms with E-state index < -0.39 is 5.97 Å². The lowest BCUT2D eigenvalue weighted by Crippen LogP contribution is -2.31. The van der Waals surface area contributed by atoms with Gasteiger partial charge >= 0.3 is 11.9 Å². The Hall–Kier alpha value is -1.17. The van der Waals surface area contributed by atoms with Gasteiger partial charge in [0.15, 0.2) is 0 Å². The molecule has 19 heavy (non-hydrogen) atoms. The first kappa shape index (κ1) is 14.2. The number of ether oxygens (including phenoxy) is 1. The minimum atomic E-state index is -0.794. The van der Waals surface area contributed by atoms with Gasteiger partial charge in [0.25, 0.3) is 0 Å². The van der Waals surface area contributed by atoms with Gasteiger partial charge in [0.05, 0.1) is 23.1 Å². The van der Waals surface area contributed by atoms with Crippen LogP contribution in [0.1, 0.15) is 27.2 Å². The van der Waals surface area contributed by atoms with E-state index in [0.717, 1.165) is 10.8 Å². The van der Waals surface area contributed by atoms with Gasteiger partial charge in [-0.3, -0.25) is 4.79 Å². The number of hydrogen-bond acceptors (Lipinski definition) is 5. The molecule has 0 aromatic heterocycles. The summed E-state index contributed by atoms with van der Waals surface area (Å²) in [7, 11) is 0. The molecule has 6 heteroatoms. The van der Waals surface area contributed by atoms with Gasteiger partial charge in [-0.2, -0.15) is 0 Å². The summed E-state index contributed by atoms with van der Waals surface area (Å²) in [5.74, 6) is -0.223. The SMILES string of the molecule is CC(C)OC(=O)C1=C2SCC(CC(=O)O)N2CC1C. The van der Waals surface area contributed by atoms with Crippen molar-refractivity contribution in [1.82, 2.24) is 4.90 Å². The zero-order valence-corrected chi connectivity index (χ0v) is 12.2. The lowest BCUT2D eigenvalue weighted by Gasteiger charge is -2.21. The van der Waals surface area contributed by atoms with Crippen molar-refractivity contribution in [3.63, 3.8) is 0 Å². The van der Waals surface area contributed by atoms with Crippen LogP contribution >= 0.6 is 11.8 Å². The molecule has 0 bridgehead atoms. The normalized spacial score (nSPS) is 26.0. The van der Waals surface area contributed by atoms with Crippen molar-refractivity contribution in [1.29, 1.82) is 0 Å². The number of aliphatic carboxylic acids is 1. The summed E-state index contributed by atoms with van der Waals surface area (Å²) in [5.41, 5.74) is 0.714. The molecule has 2 rings (SSSR count). The standard InChI is InChI=1S/C13H19NO4S/c1-7(2)18-13(17)11-8(3)5-14-9(4-10(15)16)6-19-12(11)14/h7-9H,4-6H2,1-3H3,(H,15,16). The van der Waals surface area contributed by atoms with Gasteiger partial charge < -0.3 is 14.7 Å². The van der Waals surface area contributed by atoms with E-state index in [-0.39, 0.29) is 30.5 Å². The van der Waals surface area contributed by atoms with Crippen molar-refractivity contribution in [2.75, 3.05) is 12.3 Å². The minimum Gasteiger partial charge on any atom is -0.481 e. The van der Waals surface area contributed by atoms with E-state index in [4.69, 9.17) is 9.84 Å². The number of nitrogens with zero attached hydrogens (tertiary/aromatic N) is 1. The molecule has 0 spiro atoms. The average molecular weight is 285 g/mol. The second kappa shape index (κ2) is 5.45. The minimum absolute atomic E-state index is 0.00991. The molecule has 2 aliphatic heterocycles. The number of fused-ring (bicyclic) bond motifs is 1. The quantitative estimate of drug-likeness (QED) is 0.793. The van der Waals surface area contributed by atoms with Crippen molar-refractivity contribution in [3.8, 4) is 0 Å². The molecule has 0 saturated carbocycles. The van der Waals surface area contributed by atoms with E-state index in [1.807, 2.05) is 20.8 Å². The Bertz CT molecular complexity index is 432. The van der Waals surface area contributed by atoms with Crippen LogP contribution in [0, 0.1) is 5.92 Å². The summed E-state index contributed by atoms with van der Waals surface area (Å²) in [5, 5.41) is 9.83. The van der Waals surface area contributed by atoms with E-state index in [9.17, 15) is 9.59 Å². The highest BCUT2D eigenvalue weighted by atomic mass is 32.2. The Labute approximate surface area is 117 Å². The number of hydrogen-bond donors (Lipinski definition) is 1. The monoisotopic (exact) mass is 285 g/mol. The predicted molar refractivity (Wildman–Crippen MR) is 72.6 cm³/mol. The zero-order chi connectivity index (χ0) is 14.2. The van der Waals surface area contributed by atoms with Crippen LogP contribution in [-0.4, -0.2) is 46.4 Å². The van der Waals surface area contributed by atoms with Crippen LogP contribution < -0.4 is 0 Å². The van der Waals surface area contributed by atoms with Gasteiger partial charge in [0.2, 0.25) is 0 Å². The molecule has 2 unspecified atom stereocenters. The van der Waals surface area contributed by atoms with E-state index in [1.165, 1.54) is 0 Å². The van der Waals surface area contributed by atoms with Crippen molar-refractivity contribution in [2.45, 2.75) is 39.3 Å². The second-order valence-corrected chi connectivity index (χ2v) is 6.30. The van der Waals surface area contributed by atoms with Crippen LogP contribution in [0.3, 0.4) is 0 Å². The summed E-state index contributed by atoms with van der Waals surface area (Å²) in [6.07, 6.45) is -0.0153. The number of carbonyl (C=O) groups excluding carboxylic acids is 1. The third-order valence-corrected chi connectivity index (χ3v) is 4.56. The van der Waals surface area contributed by atoms with E-state index in [1.54, 1.807) is 11.8 Å². The van der Waals surface area contributed by atoms with Crippen LogP contribution in [0.5, 0.6) is 0 Å². The molecule has 2 heterocycles. The average Bonchev–Trinajstić information content (AvgIpc) is 2.76. The summed E-state index contributed by atoms with van der Waals surface area (Å²) in [6.45, 7) is 6.36. The molecule has 1 N–H and O–H groups in total. The highest BCUT2D eigenvalue weighted by molar-refractivity contribution is 8.03. The molecular formula is C13H19NO4S. The second-order valence-electron chi connectivity index (χ2n) is 5.29. The predicted octanol–water partition coefficient (Wildman–Crippen LogP) is 1.69. The first-order valence-corrected chi connectivity index (χ1v) is 7.45. The van der Waals surface area contributed by atoms with Crippen molar-refractivity contribution in [3.05, 3.63) is 10.6 Å². The van der Waals surface area contributed by atoms with E-state index in [2.05, 4.69) is 4.90 Å². The van der Waals surface area contributed by atoms with E-state index >= 15 is 0 Å². The van der Waals surface area contributed by atoms with Crippen molar-refractivity contribution in [2.24, 2.45) is 5.92 Å². The highest BCUT2D eigenvalue weighted by Gasteiger charge is 2.42. The molecule has 1 fully saturated rings. The fraction of sp³-hybridized carbons (Fsp3) is 0.692. The summed E-state index contributed by atoms with van der Waals surface area (Å²) >= 11 is 1.57. The smallest absolute Gasteiger partial charge is 0.337 e. The Kier molecular flexibility index (Phi) is 4.08. The van der Waals surface area contributed by atoms with Crippen LogP contribution in [0.15, 0.2) is 10.6 Å². The van der Waals surface area contributed by atoms with Crippen LogP contribution in [-0.2, 0) is 14.3 Å². The number of carboxylic acid groups (broad SMARTS) is 1. The third-order valence-electron chi connectivity index (χ3n) is 3.28. The van der Waals surface area contributed by atoms with Crippen molar-refractivity contribution < 1.29 is 19.4 Å². The third kappa shape index (κ3) is 2.88. The zero-order valence-electron chi connectivity index (χ0n) is 11.4. The van der Waals surface area contributed by atoms with Crippen LogP contribution in [0.2, 0.25) is 0 Å². The molecule has 0 aliphatic carbocycles. The number of carboxylic acids is 1. The largest absolute Gasteiger partial charge is 0.481 e. The van der Waals surface area contributed by atoms with E-state index in [0.29, 0.717) is 12.1 Å². The fourth-order valence-electron chi connectivity index (χ4n) is 2.51. The van der Waals surface area contributed by atoms with Gasteiger partial charge in [-0.05, 0) is 13.8 Å². The van der Waals surface area contributed by atoms with Gasteiger partial charge in [-0.15, -0.1) is 11.8 Å². The van der Waals surface area contributed by atoms with Gasteiger partial charge in [-0.25, -0.2) is 4.79 Å². The molecule has 1 saturated heterocycles. The summed E-state index contributed by atoms with van der Waals surface area (Å²) < 4.78 is 5.28. The van der Waals surface area contributed by atoms with Gasteiger partial charge in [0.1, 0.15) is 0 Å². The summed E-state index contributed by atoms with van der Waals surface area (Å²) in [6, 6.07) is -0.00991. The molecule has 0 amide bonds. The molecular weight excluding hydrogens is 266 g/mol. The molecule has 0 aromatic carbocycles. The maximum Gasteiger partial charge on any atom is 0.337 e. The molecule has 106 valence electrons. The van der Waals surface area contributed by atoms with Gasteiger partial charge in [0, 0.05) is 24.3 Å². The first-order chi connectivity index (χ1) is 8.90.